The molecule has 0 fully saturated rings. The number of carbonyl (C=O) groups is 3. The number of carboxylic acid groups (broad SMARTS) is 1. The number of nitrogens with zero attached hydrogens (tertiary/aromatic N) is 1. The van der Waals surface area contributed by atoms with Crippen LogP contribution in [-0.4, -0.2) is 47.4 Å². The maximum Gasteiger partial charge on any atom is 0.420 e. The molecule has 0 radical (unpaired) electrons. The van der Waals surface area contributed by atoms with Gasteiger partial charge >= 0.3 is 18.2 Å². The quantitative estimate of drug-likeness (QED) is 0.255. The molecule has 2 aliphatic carbocycles. The van der Waals surface area contributed by atoms with Crippen molar-refractivity contribution < 1.29 is 29.0 Å². The highest BCUT2D eigenvalue weighted by atomic mass is 16.6. The number of hydrogen-bond donors (Lipinski definition) is 1. The molecule has 0 saturated heterocycles. The third-order valence-electron chi connectivity index (χ3n) is 8.23. The van der Waals surface area contributed by atoms with E-state index in [1.807, 2.05) is 97.1 Å². The molecule has 0 bridgehead atoms. The Morgan fingerprint density at radius 3 is 1.21 bits per heavy atom. The summed E-state index contributed by atoms with van der Waals surface area (Å²) < 4.78 is 11.4. The van der Waals surface area contributed by atoms with Crippen LogP contribution in [0.5, 0.6) is 0 Å². The van der Waals surface area contributed by atoms with E-state index in [4.69, 9.17) is 9.47 Å². The summed E-state index contributed by atoms with van der Waals surface area (Å²) in [6.45, 7) is 3.17. The van der Waals surface area contributed by atoms with E-state index in [2.05, 4.69) is 0 Å². The summed E-state index contributed by atoms with van der Waals surface area (Å²) >= 11 is 0. The number of rotatable bonds is 7. The zero-order valence-electron chi connectivity index (χ0n) is 23.4. The Morgan fingerprint density at radius 1 is 0.619 bits per heavy atom. The van der Waals surface area contributed by atoms with E-state index in [-0.39, 0.29) is 25.0 Å². The van der Waals surface area contributed by atoms with Crippen molar-refractivity contribution in [2.75, 3.05) is 13.2 Å². The van der Waals surface area contributed by atoms with Crippen LogP contribution in [-0.2, 0) is 14.3 Å². The van der Waals surface area contributed by atoms with Crippen molar-refractivity contribution in [2.45, 2.75) is 31.7 Å². The van der Waals surface area contributed by atoms with Gasteiger partial charge < -0.3 is 14.6 Å². The van der Waals surface area contributed by atoms with Gasteiger partial charge in [-0.3, -0.25) is 0 Å². The van der Waals surface area contributed by atoms with E-state index in [0.29, 0.717) is 4.90 Å². The molecule has 0 heterocycles. The van der Waals surface area contributed by atoms with E-state index in [9.17, 15) is 19.5 Å². The standard InChI is InChI=1S/C35H31NO6/c1-21(2)32(33(37)38)36(34(39)41-19-30-26-15-7-3-11-22(26)23-12-4-8-16-27(23)30)35(40)42-20-31-28-17-9-5-13-24(28)25-14-6-10-18-29(25)31/h3-18,21,30-32H,19-20H2,1-2H3,(H,37,38)/t32-/m0/s1. The van der Waals surface area contributed by atoms with Crippen molar-refractivity contribution in [3.63, 3.8) is 0 Å². The molecule has 6 rings (SSSR count). The lowest BCUT2D eigenvalue weighted by molar-refractivity contribution is -0.143. The van der Waals surface area contributed by atoms with E-state index in [0.717, 1.165) is 44.5 Å². The average Bonchev–Trinajstić information content (AvgIpc) is 3.49. The van der Waals surface area contributed by atoms with E-state index >= 15 is 0 Å². The Balaban J connectivity index is 1.23. The number of carbonyl (C=O) groups excluding carboxylic acids is 2. The molecule has 1 N–H and O–H groups in total. The number of aliphatic carboxylic acids is 1. The maximum absolute atomic E-state index is 13.5. The van der Waals surface area contributed by atoms with E-state index in [1.54, 1.807) is 13.8 Å². The third kappa shape index (κ3) is 4.71. The minimum absolute atomic E-state index is 0.0511. The van der Waals surface area contributed by atoms with Crippen molar-refractivity contribution in [1.29, 1.82) is 0 Å². The fourth-order valence-electron chi connectivity index (χ4n) is 6.32. The van der Waals surface area contributed by atoms with Gasteiger partial charge in [0.1, 0.15) is 19.3 Å². The van der Waals surface area contributed by atoms with Crippen molar-refractivity contribution in [3.05, 3.63) is 119 Å². The zero-order valence-corrected chi connectivity index (χ0v) is 23.4. The van der Waals surface area contributed by atoms with Crippen molar-refractivity contribution in [1.82, 2.24) is 4.90 Å². The molecule has 0 spiro atoms. The summed E-state index contributed by atoms with van der Waals surface area (Å²) in [6, 6.07) is 30.2. The van der Waals surface area contributed by atoms with Gasteiger partial charge in [-0.1, -0.05) is 111 Å². The molecular weight excluding hydrogens is 530 g/mol. The number of benzene rings is 4. The Morgan fingerprint density at radius 2 is 0.929 bits per heavy atom. The maximum atomic E-state index is 13.5. The molecule has 7 nitrogen and oxygen atoms in total. The molecule has 42 heavy (non-hydrogen) atoms. The van der Waals surface area contributed by atoms with Gasteiger partial charge in [-0.2, -0.15) is 4.90 Å². The zero-order chi connectivity index (χ0) is 29.4. The lowest BCUT2D eigenvalue weighted by Crippen LogP contribution is -2.52. The van der Waals surface area contributed by atoms with E-state index in [1.165, 1.54) is 0 Å². The van der Waals surface area contributed by atoms with Gasteiger partial charge in [0, 0.05) is 11.8 Å². The molecule has 2 amide bonds. The normalized spacial score (nSPS) is 14.0. The number of ether oxygens (including phenoxy) is 2. The molecule has 2 aliphatic rings. The minimum Gasteiger partial charge on any atom is -0.480 e. The van der Waals surface area contributed by atoms with Gasteiger partial charge in [0.25, 0.3) is 0 Å². The second kappa shape index (κ2) is 11.2. The first-order valence-electron chi connectivity index (χ1n) is 14.1. The van der Waals surface area contributed by atoms with Crippen LogP contribution in [0.15, 0.2) is 97.1 Å². The molecule has 0 aliphatic heterocycles. The van der Waals surface area contributed by atoms with Crippen LogP contribution in [0.2, 0.25) is 0 Å². The molecule has 0 aromatic heterocycles. The first kappa shape index (κ1) is 27.3. The van der Waals surface area contributed by atoms with Crippen LogP contribution < -0.4 is 0 Å². The Hall–Kier alpha value is -4.91. The Labute approximate surface area is 244 Å². The minimum atomic E-state index is -1.46. The largest absolute Gasteiger partial charge is 0.480 e. The van der Waals surface area contributed by atoms with Gasteiger partial charge in [-0.25, -0.2) is 14.4 Å². The van der Waals surface area contributed by atoms with Crippen LogP contribution in [0.25, 0.3) is 22.3 Å². The van der Waals surface area contributed by atoms with Crippen molar-refractivity contribution in [2.24, 2.45) is 5.92 Å². The summed E-state index contributed by atoms with van der Waals surface area (Å²) in [5.74, 6) is -2.38. The summed E-state index contributed by atoms with van der Waals surface area (Å²) in [5.41, 5.74) is 8.30. The summed E-state index contributed by atoms with van der Waals surface area (Å²) in [4.78, 5) is 40.0. The fraction of sp³-hybridized carbons (Fsp3) is 0.229. The fourth-order valence-corrected chi connectivity index (χ4v) is 6.32. The lowest BCUT2D eigenvalue weighted by atomic mass is 9.98. The van der Waals surface area contributed by atoms with Crippen LogP contribution in [0.3, 0.4) is 0 Å². The molecule has 0 unspecified atom stereocenters. The predicted molar refractivity (Wildman–Crippen MR) is 158 cm³/mol. The first-order valence-corrected chi connectivity index (χ1v) is 14.1. The van der Waals surface area contributed by atoms with Crippen LogP contribution >= 0.6 is 0 Å². The van der Waals surface area contributed by atoms with Gasteiger partial charge in [-0.15, -0.1) is 0 Å². The molecule has 0 saturated carbocycles. The second-order valence-corrected chi connectivity index (χ2v) is 11.0. The highest BCUT2D eigenvalue weighted by Crippen LogP contribution is 2.46. The molecule has 212 valence electrons. The number of hydrogen-bond acceptors (Lipinski definition) is 5. The molecule has 7 heteroatoms. The van der Waals surface area contributed by atoms with Crippen molar-refractivity contribution >= 4 is 18.2 Å². The van der Waals surface area contributed by atoms with Crippen LogP contribution in [0.1, 0.15) is 47.9 Å². The topological polar surface area (TPSA) is 93.1 Å². The molecule has 1 atom stereocenters. The number of carboxylic acids is 1. The Bertz CT molecular complexity index is 1480. The van der Waals surface area contributed by atoms with Gasteiger partial charge in [0.15, 0.2) is 0 Å². The number of imide groups is 1. The Kier molecular flexibility index (Phi) is 7.25. The summed E-state index contributed by atoms with van der Waals surface area (Å²) in [7, 11) is 0. The van der Waals surface area contributed by atoms with Crippen LogP contribution in [0.4, 0.5) is 9.59 Å². The van der Waals surface area contributed by atoms with Gasteiger partial charge in [0.05, 0.1) is 0 Å². The summed E-state index contributed by atoms with van der Waals surface area (Å²) in [6.07, 6.45) is -2.09. The van der Waals surface area contributed by atoms with Gasteiger partial charge in [-0.05, 0) is 50.4 Å². The highest BCUT2D eigenvalue weighted by molar-refractivity contribution is 5.93. The highest BCUT2D eigenvalue weighted by Gasteiger charge is 2.41. The molecule has 4 aromatic rings. The number of fused-ring (bicyclic) bond motifs is 6. The summed E-state index contributed by atoms with van der Waals surface area (Å²) in [5, 5.41) is 10.0. The van der Waals surface area contributed by atoms with E-state index < -0.39 is 30.1 Å². The monoisotopic (exact) mass is 561 g/mol. The number of amides is 2. The lowest BCUT2D eigenvalue weighted by Gasteiger charge is -2.29. The molecule has 4 aromatic carbocycles. The molecular formula is C35H31NO6. The SMILES string of the molecule is CC(C)[C@@H](C(=O)O)N(C(=O)OCC1c2ccccc2-c2ccccc21)C(=O)OCC1c2ccccc2-c2ccccc21. The van der Waals surface area contributed by atoms with Crippen LogP contribution in [0, 0.1) is 5.92 Å². The predicted octanol–water partition coefficient (Wildman–Crippen LogP) is 7.30. The van der Waals surface area contributed by atoms with Gasteiger partial charge in [0.2, 0.25) is 0 Å². The second-order valence-electron chi connectivity index (χ2n) is 11.0. The smallest absolute Gasteiger partial charge is 0.420 e. The average molecular weight is 562 g/mol. The third-order valence-corrected chi connectivity index (χ3v) is 8.23. The van der Waals surface area contributed by atoms with Crippen molar-refractivity contribution in [3.8, 4) is 22.3 Å². The first-order chi connectivity index (χ1) is 20.4.